The number of carbonyl (C=O) groups excluding carboxylic acids is 3. The lowest BCUT2D eigenvalue weighted by atomic mass is 9.96. The summed E-state index contributed by atoms with van der Waals surface area (Å²) < 4.78 is 11.1. The van der Waals surface area contributed by atoms with Crippen molar-refractivity contribution in [3.8, 4) is 0 Å². The molecule has 2 aliphatic heterocycles. The first-order chi connectivity index (χ1) is 16.0. The lowest BCUT2D eigenvalue weighted by Gasteiger charge is -2.30. The van der Waals surface area contributed by atoms with Crippen LogP contribution in [0.4, 0.5) is 0 Å². The molecular weight excluding hydrogens is 424 g/mol. The van der Waals surface area contributed by atoms with Gasteiger partial charge in [0.15, 0.2) is 0 Å². The number of nitrogens with one attached hydrogen (secondary N) is 1. The van der Waals surface area contributed by atoms with Gasteiger partial charge in [-0.1, -0.05) is 42.5 Å². The van der Waals surface area contributed by atoms with E-state index in [-0.39, 0.29) is 49.9 Å². The summed E-state index contributed by atoms with van der Waals surface area (Å²) in [5.74, 6) is -1.33. The molecule has 2 heterocycles. The molecule has 2 N–H and O–H groups in total. The van der Waals surface area contributed by atoms with E-state index in [0.29, 0.717) is 19.4 Å². The first-order valence-electron chi connectivity index (χ1n) is 11.6. The van der Waals surface area contributed by atoms with Gasteiger partial charge in [0.2, 0.25) is 11.8 Å². The molecule has 2 amide bonds. The van der Waals surface area contributed by atoms with Crippen molar-refractivity contribution in [3.63, 3.8) is 0 Å². The molecule has 180 valence electrons. The molecular formula is C25H34N2O6. The zero-order valence-corrected chi connectivity index (χ0v) is 19.2. The van der Waals surface area contributed by atoms with Gasteiger partial charge in [0.05, 0.1) is 31.2 Å². The van der Waals surface area contributed by atoms with Gasteiger partial charge in [-0.25, -0.2) is 0 Å². The van der Waals surface area contributed by atoms with E-state index < -0.39 is 18.1 Å². The third kappa shape index (κ3) is 6.88. The molecule has 0 bridgehead atoms. The molecule has 4 atom stereocenters. The van der Waals surface area contributed by atoms with Crippen molar-refractivity contribution in [2.24, 2.45) is 5.92 Å². The van der Waals surface area contributed by atoms with Gasteiger partial charge >= 0.3 is 5.97 Å². The molecule has 1 saturated heterocycles. The van der Waals surface area contributed by atoms with E-state index in [0.717, 1.165) is 18.4 Å². The average Bonchev–Trinajstić information content (AvgIpc) is 3.30. The molecule has 0 spiro atoms. The Labute approximate surface area is 194 Å². The maximum absolute atomic E-state index is 13.3. The van der Waals surface area contributed by atoms with E-state index in [2.05, 4.69) is 5.32 Å². The molecule has 0 radical (unpaired) electrons. The van der Waals surface area contributed by atoms with Crippen molar-refractivity contribution < 1.29 is 29.0 Å². The van der Waals surface area contributed by atoms with Gasteiger partial charge in [-0.3, -0.25) is 14.4 Å². The number of aliphatic hydroxyl groups is 1. The number of amides is 2. The first-order valence-corrected chi connectivity index (χ1v) is 11.6. The predicted molar refractivity (Wildman–Crippen MR) is 122 cm³/mol. The summed E-state index contributed by atoms with van der Waals surface area (Å²) in [6, 6.07) is 8.49. The van der Waals surface area contributed by atoms with Crippen LogP contribution in [-0.2, 0) is 23.9 Å². The highest BCUT2D eigenvalue weighted by Crippen LogP contribution is 2.25. The van der Waals surface area contributed by atoms with E-state index in [4.69, 9.17) is 9.47 Å². The summed E-state index contributed by atoms with van der Waals surface area (Å²) in [5, 5.41) is 12.5. The number of benzene rings is 1. The summed E-state index contributed by atoms with van der Waals surface area (Å²) in [7, 11) is 1.53. The number of ether oxygens (including phenoxy) is 2. The van der Waals surface area contributed by atoms with Gasteiger partial charge in [0, 0.05) is 26.5 Å². The Balaban J connectivity index is 1.82. The number of cyclic esters (lactones) is 1. The van der Waals surface area contributed by atoms with E-state index >= 15 is 0 Å². The number of methoxy groups -OCH3 is 1. The second-order valence-electron chi connectivity index (χ2n) is 8.60. The molecule has 8 heteroatoms. The Kier molecular flexibility index (Phi) is 9.45. The molecule has 0 aliphatic carbocycles. The molecule has 33 heavy (non-hydrogen) atoms. The topological polar surface area (TPSA) is 105 Å². The molecule has 3 rings (SSSR count). The number of esters is 1. The van der Waals surface area contributed by atoms with Gasteiger partial charge in [-0.2, -0.15) is 0 Å². The lowest BCUT2D eigenvalue weighted by molar-refractivity contribution is -0.153. The number of likely N-dealkylation sites (tertiary alicyclic amines) is 1. The van der Waals surface area contributed by atoms with Crippen LogP contribution in [0.15, 0.2) is 42.5 Å². The Morgan fingerprint density at radius 1 is 1.24 bits per heavy atom. The number of aliphatic hydroxyl groups excluding tert-OH is 1. The van der Waals surface area contributed by atoms with Crippen LogP contribution in [0.1, 0.15) is 50.2 Å². The smallest absolute Gasteiger partial charge is 0.306 e. The van der Waals surface area contributed by atoms with Gasteiger partial charge in [0.1, 0.15) is 6.10 Å². The summed E-state index contributed by atoms with van der Waals surface area (Å²) in [5.41, 5.74) is 0.760. The fraction of sp³-hybridized carbons (Fsp3) is 0.560. The second kappa shape index (κ2) is 12.5. The van der Waals surface area contributed by atoms with Gasteiger partial charge < -0.3 is 24.8 Å². The fourth-order valence-electron chi connectivity index (χ4n) is 4.46. The highest BCUT2D eigenvalue weighted by molar-refractivity contribution is 5.86. The van der Waals surface area contributed by atoms with E-state index in [1.165, 1.54) is 7.11 Å². The van der Waals surface area contributed by atoms with E-state index in [9.17, 15) is 19.5 Å². The maximum atomic E-state index is 13.3. The molecule has 1 aromatic carbocycles. The summed E-state index contributed by atoms with van der Waals surface area (Å²) in [6.07, 6.45) is 5.79. The van der Waals surface area contributed by atoms with Crippen LogP contribution < -0.4 is 5.32 Å². The number of hydrogen-bond acceptors (Lipinski definition) is 6. The van der Waals surface area contributed by atoms with Crippen molar-refractivity contribution in [1.29, 1.82) is 0 Å². The lowest BCUT2D eigenvalue weighted by Crippen LogP contribution is -2.47. The van der Waals surface area contributed by atoms with Crippen LogP contribution >= 0.6 is 0 Å². The monoisotopic (exact) mass is 458 g/mol. The Morgan fingerprint density at radius 2 is 2.03 bits per heavy atom. The quantitative estimate of drug-likeness (QED) is 0.500. The number of hydrogen-bond donors (Lipinski definition) is 2. The largest absolute Gasteiger partial charge is 0.455 e. The highest BCUT2D eigenvalue weighted by Gasteiger charge is 2.34. The van der Waals surface area contributed by atoms with Crippen LogP contribution in [0.2, 0.25) is 0 Å². The van der Waals surface area contributed by atoms with Gasteiger partial charge in [-0.05, 0) is 31.2 Å². The maximum Gasteiger partial charge on any atom is 0.306 e. The zero-order valence-electron chi connectivity index (χ0n) is 19.2. The highest BCUT2D eigenvalue weighted by atomic mass is 16.5. The molecule has 0 saturated carbocycles. The minimum absolute atomic E-state index is 0.0577. The summed E-state index contributed by atoms with van der Waals surface area (Å²) in [6.45, 7) is 0.683. The number of carbonyl (C=O) groups is 3. The van der Waals surface area contributed by atoms with Crippen molar-refractivity contribution in [3.05, 3.63) is 48.0 Å². The Hall–Kier alpha value is -2.71. The van der Waals surface area contributed by atoms with Crippen molar-refractivity contribution in [2.75, 3.05) is 26.9 Å². The van der Waals surface area contributed by atoms with E-state index in [1.54, 1.807) is 4.90 Å². The minimum atomic E-state index is -0.709. The van der Waals surface area contributed by atoms with E-state index in [1.807, 2.05) is 42.5 Å². The van der Waals surface area contributed by atoms with Crippen LogP contribution in [0.25, 0.3) is 0 Å². The molecule has 0 aromatic heterocycles. The molecule has 2 aliphatic rings. The standard InChI is InChI=1S/C25H34N2O6/c1-32-17-21-24(18-9-4-2-5-10-18)33-23(30)13-7-3-6-11-19(25(31)26-21)15-22(29)27-14-8-12-20(27)16-28/h2-6,9-10,19-21,24,28H,7-8,11-17H2,1H3,(H,26,31). The third-order valence-corrected chi connectivity index (χ3v) is 6.23. The number of nitrogens with zero attached hydrogens (tertiary/aromatic N) is 1. The third-order valence-electron chi connectivity index (χ3n) is 6.23. The SMILES string of the molecule is COCC1NC(=O)C(CC(=O)N2CCCC2CO)CC=CCCC(=O)OC1c1ccccc1. The number of allylic oxidation sites excluding steroid dienone is 2. The molecule has 1 fully saturated rings. The predicted octanol–water partition coefficient (Wildman–Crippen LogP) is 2.13. The average molecular weight is 459 g/mol. The van der Waals surface area contributed by atoms with Crippen molar-refractivity contribution >= 4 is 17.8 Å². The second-order valence-corrected chi connectivity index (χ2v) is 8.60. The Bertz CT molecular complexity index is 827. The van der Waals surface area contributed by atoms with Crippen LogP contribution in [0.5, 0.6) is 0 Å². The Morgan fingerprint density at radius 3 is 2.76 bits per heavy atom. The van der Waals surface area contributed by atoms with Crippen LogP contribution in [0, 0.1) is 5.92 Å². The number of rotatable bonds is 6. The van der Waals surface area contributed by atoms with Gasteiger partial charge in [-0.15, -0.1) is 0 Å². The van der Waals surface area contributed by atoms with Gasteiger partial charge in [0.25, 0.3) is 0 Å². The molecule has 8 nitrogen and oxygen atoms in total. The fourth-order valence-corrected chi connectivity index (χ4v) is 4.46. The first kappa shape index (κ1) is 24.9. The van der Waals surface area contributed by atoms with Crippen LogP contribution in [0.3, 0.4) is 0 Å². The van der Waals surface area contributed by atoms with Crippen molar-refractivity contribution in [1.82, 2.24) is 10.2 Å². The minimum Gasteiger partial charge on any atom is -0.455 e. The summed E-state index contributed by atoms with van der Waals surface area (Å²) >= 11 is 0. The van der Waals surface area contributed by atoms with Crippen LogP contribution in [-0.4, -0.2) is 66.7 Å². The summed E-state index contributed by atoms with van der Waals surface area (Å²) in [4.78, 5) is 40.4. The molecule has 1 aromatic rings. The van der Waals surface area contributed by atoms with Crippen molar-refractivity contribution in [2.45, 2.75) is 56.7 Å². The normalized spacial score (nSPS) is 26.8. The zero-order chi connectivity index (χ0) is 23.6. The molecule has 4 unspecified atom stereocenters.